The number of furan rings is 2. The molecule has 3 heterocycles. The summed E-state index contributed by atoms with van der Waals surface area (Å²) in [6.45, 7) is 4.48. The van der Waals surface area contributed by atoms with Gasteiger partial charge in [0.15, 0.2) is 0 Å². The molecule has 0 bridgehead atoms. The minimum absolute atomic E-state index is 0.147. The van der Waals surface area contributed by atoms with Gasteiger partial charge in [0, 0.05) is 11.8 Å². The van der Waals surface area contributed by atoms with Crippen molar-refractivity contribution in [3.8, 4) is 0 Å². The van der Waals surface area contributed by atoms with Crippen LogP contribution in [0, 0.1) is 17.3 Å². The first-order chi connectivity index (χ1) is 9.19. The molecule has 0 N–H and O–H groups in total. The normalized spacial score (nSPS) is 27.5. The predicted octanol–water partition coefficient (Wildman–Crippen LogP) is 3.35. The van der Waals surface area contributed by atoms with Gasteiger partial charge in [-0.25, -0.2) is 0 Å². The highest BCUT2D eigenvalue weighted by Gasteiger charge is 2.65. The molecule has 0 aromatic carbocycles. The average molecular weight is 254 g/mol. The lowest BCUT2D eigenvalue weighted by atomic mass is 10.0. The lowest BCUT2D eigenvalue weighted by Gasteiger charge is -2.07. The van der Waals surface area contributed by atoms with Gasteiger partial charge in [-0.2, -0.15) is 10.2 Å². The molecule has 0 saturated heterocycles. The summed E-state index contributed by atoms with van der Waals surface area (Å²) in [7, 11) is 0. The fourth-order valence-electron chi connectivity index (χ4n) is 3.14. The molecule has 2 aromatic rings. The number of nitrogens with zero attached hydrogens (tertiary/aromatic N) is 2. The second-order valence-electron chi connectivity index (χ2n) is 5.70. The van der Waals surface area contributed by atoms with Crippen molar-refractivity contribution in [2.75, 3.05) is 0 Å². The third-order valence-corrected chi connectivity index (χ3v) is 4.23. The first-order valence-corrected chi connectivity index (χ1v) is 6.43. The van der Waals surface area contributed by atoms with Crippen LogP contribution in [0.4, 0.5) is 0 Å². The van der Waals surface area contributed by atoms with E-state index in [1.54, 1.807) is 12.5 Å². The quantitative estimate of drug-likeness (QED) is 0.825. The van der Waals surface area contributed by atoms with Crippen molar-refractivity contribution in [2.24, 2.45) is 27.5 Å². The van der Waals surface area contributed by atoms with E-state index in [9.17, 15) is 0 Å². The molecule has 4 nitrogen and oxygen atoms in total. The van der Waals surface area contributed by atoms with Gasteiger partial charge >= 0.3 is 0 Å². The molecule has 2 aromatic heterocycles. The third-order valence-electron chi connectivity index (χ3n) is 4.23. The topological polar surface area (TPSA) is 51.0 Å². The Morgan fingerprint density at radius 2 is 1.37 bits per heavy atom. The van der Waals surface area contributed by atoms with Gasteiger partial charge in [0.1, 0.15) is 22.9 Å². The van der Waals surface area contributed by atoms with Crippen molar-refractivity contribution in [3.05, 3.63) is 48.3 Å². The van der Waals surface area contributed by atoms with Crippen molar-refractivity contribution < 1.29 is 8.83 Å². The van der Waals surface area contributed by atoms with E-state index < -0.39 is 0 Å². The minimum Gasteiger partial charge on any atom is -0.463 e. The van der Waals surface area contributed by atoms with E-state index in [2.05, 4.69) is 24.1 Å². The van der Waals surface area contributed by atoms with Crippen LogP contribution in [0.1, 0.15) is 25.4 Å². The van der Waals surface area contributed by atoms with E-state index in [4.69, 9.17) is 8.83 Å². The van der Waals surface area contributed by atoms with Gasteiger partial charge in [-0.1, -0.05) is 13.8 Å². The van der Waals surface area contributed by atoms with E-state index in [1.807, 2.05) is 24.3 Å². The van der Waals surface area contributed by atoms with Crippen molar-refractivity contribution in [2.45, 2.75) is 13.8 Å². The van der Waals surface area contributed by atoms with Crippen molar-refractivity contribution in [1.82, 2.24) is 0 Å². The summed E-state index contributed by atoms with van der Waals surface area (Å²) in [5.41, 5.74) is 2.05. The van der Waals surface area contributed by atoms with E-state index >= 15 is 0 Å². The Morgan fingerprint density at radius 3 is 1.74 bits per heavy atom. The maximum Gasteiger partial charge on any atom is 0.150 e. The van der Waals surface area contributed by atoms with E-state index in [0.29, 0.717) is 11.8 Å². The predicted molar refractivity (Wildman–Crippen MR) is 71.3 cm³/mol. The van der Waals surface area contributed by atoms with Crippen LogP contribution in [0.5, 0.6) is 0 Å². The Morgan fingerprint density at radius 1 is 0.895 bits per heavy atom. The fourth-order valence-corrected chi connectivity index (χ4v) is 3.14. The van der Waals surface area contributed by atoms with E-state index in [0.717, 1.165) is 22.9 Å². The minimum atomic E-state index is 0.147. The smallest absolute Gasteiger partial charge is 0.150 e. The lowest BCUT2D eigenvalue weighted by molar-refractivity contribution is 0.547. The fraction of sp³-hybridized carbons (Fsp3) is 0.333. The summed E-state index contributed by atoms with van der Waals surface area (Å²) in [5.74, 6) is 2.36. The number of fused-ring (bicyclic) bond motifs is 1. The van der Waals surface area contributed by atoms with Crippen LogP contribution < -0.4 is 0 Å². The molecule has 0 amide bonds. The van der Waals surface area contributed by atoms with Crippen LogP contribution in [0.25, 0.3) is 0 Å². The molecule has 1 saturated carbocycles. The highest BCUT2D eigenvalue weighted by Crippen LogP contribution is 2.62. The Bertz CT molecular complexity index is 605. The van der Waals surface area contributed by atoms with E-state index in [-0.39, 0.29) is 5.41 Å². The van der Waals surface area contributed by atoms with Crippen LogP contribution in [-0.4, -0.2) is 11.4 Å². The van der Waals surface area contributed by atoms with Crippen molar-refractivity contribution in [1.29, 1.82) is 0 Å². The zero-order chi connectivity index (χ0) is 13.0. The zero-order valence-electron chi connectivity index (χ0n) is 10.8. The SMILES string of the molecule is CC1(C)[C@@H]2C(c3ccco3)=NN=C(c3ccco3)[C@@H]21. The van der Waals surface area contributed by atoms with Gasteiger partial charge in [0.05, 0.1) is 12.5 Å². The summed E-state index contributed by atoms with van der Waals surface area (Å²) >= 11 is 0. The molecule has 4 heteroatoms. The number of hydrogen-bond donors (Lipinski definition) is 0. The first kappa shape index (κ1) is 10.8. The third kappa shape index (κ3) is 1.40. The van der Waals surface area contributed by atoms with Gasteiger partial charge in [0.25, 0.3) is 0 Å². The lowest BCUT2D eigenvalue weighted by Crippen LogP contribution is -2.14. The Balaban J connectivity index is 1.81. The Kier molecular flexibility index (Phi) is 1.97. The van der Waals surface area contributed by atoms with Crippen molar-refractivity contribution >= 4 is 11.4 Å². The molecular weight excluding hydrogens is 240 g/mol. The summed E-state index contributed by atoms with van der Waals surface area (Å²) in [5, 5.41) is 8.76. The van der Waals surface area contributed by atoms with Gasteiger partial charge in [-0.15, -0.1) is 0 Å². The highest BCUT2D eigenvalue weighted by atomic mass is 16.3. The van der Waals surface area contributed by atoms with Crippen LogP contribution >= 0.6 is 0 Å². The highest BCUT2D eigenvalue weighted by molar-refractivity contribution is 6.14. The molecule has 0 radical (unpaired) electrons. The molecule has 1 aliphatic heterocycles. The summed E-state index contributed by atoms with van der Waals surface area (Å²) in [4.78, 5) is 0. The molecule has 2 aliphatic rings. The monoisotopic (exact) mass is 254 g/mol. The molecule has 4 rings (SSSR count). The largest absolute Gasteiger partial charge is 0.463 e. The number of hydrogen-bond acceptors (Lipinski definition) is 4. The summed E-state index contributed by atoms with van der Waals surface area (Å²) in [6.07, 6.45) is 3.35. The molecule has 1 aliphatic carbocycles. The Hall–Kier alpha value is -2.10. The Labute approximate surface area is 110 Å². The van der Waals surface area contributed by atoms with Gasteiger partial charge in [0.2, 0.25) is 0 Å². The maximum absolute atomic E-state index is 5.47. The molecule has 0 unspecified atom stereocenters. The van der Waals surface area contributed by atoms with Crippen LogP contribution in [0.15, 0.2) is 55.8 Å². The molecular formula is C15H14N2O2. The standard InChI is InChI=1S/C15H14N2O2/c1-15(2)11-12(15)14(10-6-4-8-19-10)17-16-13(11)9-5-3-7-18-9/h3-8,11-12H,1-2H3/t11-,12+. The second-order valence-corrected chi connectivity index (χ2v) is 5.70. The van der Waals surface area contributed by atoms with Crippen LogP contribution in [-0.2, 0) is 0 Å². The first-order valence-electron chi connectivity index (χ1n) is 6.43. The molecule has 0 spiro atoms. The van der Waals surface area contributed by atoms with E-state index in [1.165, 1.54) is 0 Å². The zero-order valence-corrected chi connectivity index (χ0v) is 10.8. The van der Waals surface area contributed by atoms with Gasteiger partial charge < -0.3 is 8.83 Å². The van der Waals surface area contributed by atoms with Gasteiger partial charge in [-0.3, -0.25) is 0 Å². The van der Waals surface area contributed by atoms with Crippen LogP contribution in [0.3, 0.4) is 0 Å². The molecule has 96 valence electrons. The number of rotatable bonds is 2. The second kappa shape index (κ2) is 3.47. The average Bonchev–Trinajstić information content (AvgIpc) is 2.96. The van der Waals surface area contributed by atoms with Gasteiger partial charge in [-0.05, 0) is 29.7 Å². The van der Waals surface area contributed by atoms with Crippen LogP contribution in [0.2, 0.25) is 0 Å². The molecule has 19 heavy (non-hydrogen) atoms. The summed E-state index contributed by atoms with van der Waals surface area (Å²) < 4.78 is 10.9. The molecule has 1 fully saturated rings. The van der Waals surface area contributed by atoms with Crippen molar-refractivity contribution in [3.63, 3.8) is 0 Å². The maximum atomic E-state index is 5.47. The molecule has 2 atom stereocenters. The summed E-state index contributed by atoms with van der Waals surface area (Å²) in [6, 6.07) is 7.65.